The normalized spacial score (nSPS) is 23.6. The highest BCUT2D eigenvalue weighted by atomic mass is 16.5. The third kappa shape index (κ3) is 3.72. The molecule has 0 aromatic rings. The molecule has 0 saturated carbocycles. The first-order valence-corrected chi connectivity index (χ1v) is 6.29. The molecule has 0 amide bonds. The Morgan fingerprint density at radius 2 is 2.06 bits per heavy atom. The number of hydrogen-bond donors (Lipinski definition) is 1. The number of rotatable bonds is 5. The summed E-state index contributed by atoms with van der Waals surface area (Å²) in [5, 5.41) is 0. The molecule has 3 nitrogen and oxygen atoms in total. The van der Waals surface area contributed by atoms with E-state index in [0.29, 0.717) is 11.5 Å². The van der Waals surface area contributed by atoms with Crippen LogP contribution in [0.5, 0.6) is 0 Å². The van der Waals surface area contributed by atoms with E-state index < -0.39 is 0 Å². The van der Waals surface area contributed by atoms with Crippen molar-refractivity contribution in [1.82, 2.24) is 4.90 Å². The van der Waals surface area contributed by atoms with Gasteiger partial charge in [-0.3, -0.25) is 4.90 Å². The van der Waals surface area contributed by atoms with Crippen molar-refractivity contribution in [2.75, 3.05) is 26.7 Å². The second-order valence-electron chi connectivity index (χ2n) is 6.44. The molecule has 96 valence electrons. The van der Waals surface area contributed by atoms with Crippen LogP contribution < -0.4 is 5.73 Å². The number of hydrogen-bond acceptors (Lipinski definition) is 3. The molecule has 0 radical (unpaired) electrons. The van der Waals surface area contributed by atoms with E-state index >= 15 is 0 Å². The average Bonchev–Trinajstić information content (AvgIpc) is 2.55. The zero-order valence-electron chi connectivity index (χ0n) is 11.5. The summed E-state index contributed by atoms with van der Waals surface area (Å²) < 4.78 is 5.50. The number of nitrogens with two attached hydrogens (primary N) is 1. The van der Waals surface area contributed by atoms with Crippen molar-refractivity contribution in [3.63, 3.8) is 0 Å². The number of ether oxygens (including phenoxy) is 1. The molecule has 1 aliphatic heterocycles. The van der Waals surface area contributed by atoms with E-state index in [0.717, 1.165) is 19.5 Å². The molecule has 0 aromatic heterocycles. The van der Waals surface area contributed by atoms with E-state index in [1.165, 1.54) is 13.0 Å². The van der Waals surface area contributed by atoms with Crippen LogP contribution in [0.2, 0.25) is 0 Å². The van der Waals surface area contributed by atoms with Gasteiger partial charge in [0.1, 0.15) is 0 Å². The molecule has 16 heavy (non-hydrogen) atoms. The van der Waals surface area contributed by atoms with Crippen LogP contribution >= 0.6 is 0 Å². The summed E-state index contributed by atoms with van der Waals surface area (Å²) in [6.45, 7) is 12.0. The van der Waals surface area contributed by atoms with E-state index in [4.69, 9.17) is 10.5 Å². The van der Waals surface area contributed by atoms with Gasteiger partial charge in [-0.05, 0) is 38.6 Å². The molecular formula is C13H28N2O. The van der Waals surface area contributed by atoms with Crippen molar-refractivity contribution in [3.8, 4) is 0 Å². The molecule has 3 heteroatoms. The van der Waals surface area contributed by atoms with Crippen molar-refractivity contribution in [1.29, 1.82) is 0 Å². The Kier molecular flexibility index (Phi) is 4.38. The molecule has 1 saturated heterocycles. The van der Waals surface area contributed by atoms with Gasteiger partial charge in [0.15, 0.2) is 0 Å². The Morgan fingerprint density at radius 1 is 1.44 bits per heavy atom. The predicted molar refractivity (Wildman–Crippen MR) is 68.5 cm³/mol. The standard InChI is InChI=1S/C13H28N2O/c1-12(2)6-7-15(10-12)11(9-14)8-13(3,4)16-5/h11H,6-10,14H2,1-5H3. The van der Waals surface area contributed by atoms with Crippen LogP contribution in [0.4, 0.5) is 0 Å². The molecule has 0 aromatic carbocycles. The molecule has 2 N–H and O–H groups in total. The third-order valence-electron chi connectivity index (χ3n) is 3.78. The Balaban J connectivity index is 2.56. The van der Waals surface area contributed by atoms with E-state index in [9.17, 15) is 0 Å². The summed E-state index contributed by atoms with van der Waals surface area (Å²) in [4.78, 5) is 2.53. The average molecular weight is 228 g/mol. The lowest BCUT2D eigenvalue weighted by Crippen LogP contribution is -2.44. The predicted octanol–water partition coefficient (Wildman–Crippen LogP) is 1.86. The Bertz CT molecular complexity index is 226. The molecule has 1 rings (SSSR count). The van der Waals surface area contributed by atoms with Gasteiger partial charge in [-0.15, -0.1) is 0 Å². The number of nitrogens with zero attached hydrogens (tertiary/aromatic N) is 1. The van der Waals surface area contributed by atoms with Crippen molar-refractivity contribution < 1.29 is 4.74 Å². The molecular weight excluding hydrogens is 200 g/mol. The second kappa shape index (κ2) is 5.03. The molecule has 1 heterocycles. The third-order valence-corrected chi connectivity index (χ3v) is 3.78. The van der Waals surface area contributed by atoms with Gasteiger partial charge in [0.25, 0.3) is 0 Å². The van der Waals surface area contributed by atoms with Crippen LogP contribution in [-0.4, -0.2) is 43.3 Å². The lowest BCUT2D eigenvalue weighted by Gasteiger charge is -2.34. The first-order chi connectivity index (χ1) is 7.29. The quantitative estimate of drug-likeness (QED) is 0.780. The van der Waals surface area contributed by atoms with Crippen molar-refractivity contribution >= 4 is 0 Å². The molecule has 1 unspecified atom stereocenters. The maximum Gasteiger partial charge on any atom is 0.0638 e. The summed E-state index contributed by atoms with van der Waals surface area (Å²) in [6, 6.07) is 0.455. The van der Waals surface area contributed by atoms with Crippen LogP contribution in [-0.2, 0) is 4.74 Å². The van der Waals surface area contributed by atoms with Crippen LogP contribution in [0, 0.1) is 5.41 Å². The highest BCUT2D eigenvalue weighted by molar-refractivity contribution is 4.89. The van der Waals surface area contributed by atoms with E-state index in [-0.39, 0.29) is 5.60 Å². The minimum atomic E-state index is -0.0726. The second-order valence-corrected chi connectivity index (χ2v) is 6.44. The first-order valence-electron chi connectivity index (χ1n) is 6.29. The summed E-state index contributed by atoms with van der Waals surface area (Å²) in [5.74, 6) is 0. The maximum absolute atomic E-state index is 5.91. The van der Waals surface area contributed by atoms with Gasteiger partial charge in [0.05, 0.1) is 5.60 Å². The van der Waals surface area contributed by atoms with E-state index in [1.807, 2.05) is 0 Å². The molecule has 1 atom stereocenters. The lowest BCUT2D eigenvalue weighted by molar-refractivity contribution is -0.00575. The highest BCUT2D eigenvalue weighted by Crippen LogP contribution is 2.31. The zero-order chi connectivity index (χ0) is 12.4. The summed E-state index contributed by atoms with van der Waals surface area (Å²) in [6.07, 6.45) is 2.28. The fourth-order valence-electron chi connectivity index (χ4n) is 2.48. The number of methoxy groups -OCH3 is 1. The van der Waals surface area contributed by atoms with Crippen molar-refractivity contribution in [2.45, 2.75) is 52.2 Å². The monoisotopic (exact) mass is 228 g/mol. The largest absolute Gasteiger partial charge is 0.379 e. The van der Waals surface area contributed by atoms with Gasteiger partial charge in [-0.2, -0.15) is 0 Å². The Morgan fingerprint density at radius 3 is 2.44 bits per heavy atom. The molecule has 1 aliphatic rings. The van der Waals surface area contributed by atoms with Crippen LogP contribution in [0.15, 0.2) is 0 Å². The van der Waals surface area contributed by atoms with Crippen LogP contribution in [0.3, 0.4) is 0 Å². The van der Waals surface area contributed by atoms with Gasteiger partial charge < -0.3 is 10.5 Å². The molecule has 0 spiro atoms. The fourth-order valence-corrected chi connectivity index (χ4v) is 2.48. The van der Waals surface area contributed by atoms with Gasteiger partial charge in [-0.25, -0.2) is 0 Å². The van der Waals surface area contributed by atoms with E-state index in [2.05, 4.69) is 32.6 Å². The lowest BCUT2D eigenvalue weighted by atomic mass is 9.93. The van der Waals surface area contributed by atoms with Gasteiger partial charge in [0, 0.05) is 26.2 Å². The van der Waals surface area contributed by atoms with Crippen LogP contribution in [0.1, 0.15) is 40.5 Å². The molecule has 1 fully saturated rings. The maximum atomic E-state index is 5.91. The van der Waals surface area contributed by atoms with Gasteiger partial charge in [-0.1, -0.05) is 13.8 Å². The first kappa shape index (κ1) is 13.9. The highest BCUT2D eigenvalue weighted by Gasteiger charge is 2.35. The van der Waals surface area contributed by atoms with Crippen molar-refractivity contribution in [2.24, 2.45) is 11.1 Å². The Hall–Kier alpha value is -0.120. The molecule has 0 aliphatic carbocycles. The zero-order valence-corrected chi connectivity index (χ0v) is 11.5. The Labute approximate surface area is 100 Å². The number of likely N-dealkylation sites (tertiary alicyclic amines) is 1. The van der Waals surface area contributed by atoms with Gasteiger partial charge >= 0.3 is 0 Å². The summed E-state index contributed by atoms with van der Waals surface area (Å²) in [5.41, 5.74) is 6.28. The van der Waals surface area contributed by atoms with Gasteiger partial charge in [0.2, 0.25) is 0 Å². The van der Waals surface area contributed by atoms with E-state index in [1.54, 1.807) is 7.11 Å². The SMILES string of the molecule is COC(C)(C)CC(CN)N1CCC(C)(C)C1. The topological polar surface area (TPSA) is 38.5 Å². The fraction of sp³-hybridized carbons (Fsp3) is 1.00. The summed E-state index contributed by atoms with van der Waals surface area (Å²) in [7, 11) is 1.78. The minimum Gasteiger partial charge on any atom is -0.379 e. The minimum absolute atomic E-state index is 0.0726. The summed E-state index contributed by atoms with van der Waals surface area (Å²) >= 11 is 0. The van der Waals surface area contributed by atoms with Crippen LogP contribution in [0.25, 0.3) is 0 Å². The smallest absolute Gasteiger partial charge is 0.0638 e. The molecule has 0 bridgehead atoms. The van der Waals surface area contributed by atoms with Crippen molar-refractivity contribution in [3.05, 3.63) is 0 Å².